The molecule has 1 aliphatic heterocycles. The van der Waals surface area contributed by atoms with E-state index in [-0.39, 0.29) is 5.97 Å². The Labute approximate surface area is 142 Å². The Kier molecular flexibility index (Phi) is 5.30. The van der Waals surface area contributed by atoms with Gasteiger partial charge in [-0.2, -0.15) is 0 Å². The van der Waals surface area contributed by atoms with Gasteiger partial charge >= 0.3 is 11.9 Å². The second kappa shape index (κ2) is 6.91. The van der Waals surface area contributed by atoms with Gasteiger partial charge in [-0.3, -0.25) is 14.5 Å². The van der Waals surface area contributed by atoms with Crippen LogP contribution >= 0.6 is 0 Å². The van der Waals surface area contributed by atoms with E-state index >= 15 is 0 Å². The first-order valence-corrected chi connectivity index (χ1v) is 8.14. The van der Waals surface area contributed by atoms with Crippen molar-refractivity contribution in [1.82, 2.24) is 4.90 Å². The fraction of sp³-hybridized carbons (Fsp3) is 0.556. The van der Waals surface area contributed by atoms with E-state index in [1.54, 1.807) is 37.8 Å². The number of rotatable bonds is 4. The molecular weight excluding hydrogens is 308 g/mol. The van der Waals surface area contributed by atoms with Crippen LogP contribution in [-0.2, 0) is 14.3 Å². The zero-order valence-electron chi connectivity index (χ0n) is 14.7. The van der Waals surface area contributed by atoms with Crippen LogP contribution in [0, 0.1) is 12.8 Å². The highest BCUT2D eigenvalue weighted by molar-refractivity contribution is 5.77. The van der Waals surface area contributed by atoms with Crippen LogP contribution in [0.25, 0.3) is 0 Å². The van der Waals surface area contributed by atoms with Gasteiger partial charge in [0.2, 0.25) is 0 Å². The van der Waals surface area contributed by atoms with Crippen molar-refractivity contribution in [3.63, 3.8) is 0 Å². The van der Waals surface area contributed by atoms with Crippen LogP contribution in [-0.4, -0.2) is 40.3 Å². The van der Waals surface area contributed by atoms with Gasteiger partial charge in [0.25, 0.3) is 0 Å². The van der Waals surface area contributed by atoms with E-state index in [4.69, 9.17) is 10.5 Å². The van der Waals surface area contributed by atoms with Crippen molar-refractivity contribution in [2.75, 3.05) is 6.54 Å². The van der Waals surface area contributed by atoms with Crippen molar-refractivity contribution in [3.8, 4) is 0 Å². The normalized spacial score (nSPS) is 23.0. The molecule has 1 aromatic rings. The molecule has 6 nitrogen and oxygen atoms in total. The zero-order valence-corrected chi connectivity index (χ0v) is 14.7. The van der Waals surface area contributed by atoms with E-state index in [2.05, 4.69) is 0 Å². The minimum atomic E-state index is -0.973. The standard InChI is InChI=1S/C18H26N2O4/c1-11-5-7-12(8-6-11)14(16(21)22)20-10-9-13(15(20)19)17(23)24-18(2,3)4/h5-8,13-15H,9-10,19H2,1-4H3,(H,21,22)/t13-,14-,15+/m0/s1. The van der Waals surface area contributed by atoms with Crippen molar-refractivity contribution in [3.05, 3.63) is 35.4 Å². The van der Waals surface area contributed by atoms with Gasteiger partial charge in [-0.15, -0.1) is 0 Å². The number of nitrogens with two attached hydrogens (primary N) is 1. The maximum absolute atomic E-state index is 12.3. The number of carboxylic acid groups (broad SMARTS) is 1. The molecule has 132 valence electrons. The SMILES string of the molecule is Cc1ccc([C@@H](C(=O)O)N2CC[C@H](C(=O)OC(C)(C)C)[C@@H]2N)cc1. The number of ether oxygens (including phenoxy) is 1. The predicted molar refractivity (Wildman–Crippen MR) is 90.2 cm³/mol. The average molecular weight is 334 g/mol. The summed E-state index contributed by atoms with van der Waals surface area (Å²) < 4.78 is 5.41. The summed E-state index contributed by atoms with van der Waals surface area (Å²) in [5.41, 5.74) is 7.34. The average Bonchev–Trinajstić information content (AvgIpc) is 2.81. The Morgan fingerprint density at radius 1 is 1.29 bits per heavy atom. The fourth-order valence-corrected chi connectivity index (χ4v) is 3.00. The third-order valence-corrected chi connectivity index (χ3v) is 4.16. The van der Waals surface area contributed by atoms with Crippen molar-refractivity contribution >= 4 is 11.9 Å². The maximum Gasteiger partial charge on any atom is 0.325 e. The Balaban J connectivity index is 2.19. The third kappa shape index (κ3) is 4.13. The molecular formula is C18H26N2O4. The zero-order chi connectivity index (χ0) is 18.1. The van der Waals surface area contributed by atoms with Gasteiger partial charge in [-0.25, -0.2) is 0 Å². The summed E-state index contributed by atoms with van der Waals surface area (Å²) in [5, 5.41) is 9.67. The number of carbonyl (C=O) groups excluding carboxylic acids is 1. The van der Waals surface area contributed by atoms with Crippen LogP contribution in [0.2, 0.25) is 0 Å². The lowest BCUT2D eigenvalue weighted by Crippen LogP contribution is -2.47. The number of carbonyl (C=O) groups is 2. The largest absolute Gasteiger partial charge is 0.480 e. The predicted octanol–water partition coefficient (Wildman–Crippen LogP) is 2.07. The number of likely N-dealkylation sites (tertiary alicyclic amines) is 1. The monoisotopic (exact) mass is 334 g/mol. The van der Waals surface area contributed by atoms with Crippen LogP contribution in [0.4, 0.5) is 0 Å². The molecule has 6 heteroatoms. The summed E-state index contributed by atoms with van der Waals surface area (Å²) in [6.45, 7) is 7.79. The Morgan fingerprint density at radius 2 is 1.88 bits per heavy atom. The molecule has 2 rings (SSSR count). The second-order valence-corrected chi connectivity index (χ2v) is 7.31. The lowest BCUT2D eigenvalue weighted by atomic mass is 10.0. The summed E-state index contributed by atoms with van der Waals surface area (Å²) in [4.78, 5) is 25.8. The smallest absolute Gasteiger partial charge is 0.325 e. The lowest BCUT2D eigenvalue weighted by Gasteiger charge is -2.30. The van der Waals surface area contributed by atoms with Gasteiger partial charge in [0, 0.05) is 6.54 Å². The number of carboxylic acids is 1. The highest BCUT2D eigenvalue weighted by Gasteiger charge is 2.43. The quantitative estimate of drug-likeness (QED) is 0.819. The van der Waals surface area contributed by atoms with Crippen molar-refractivity contribution in [1.29, 1.82) is 0 Å². The molecule has 1 saturated heterocycles. The molecule has 3 N–H and O–H groups in total. The minimum absolute atomic E-state index is 0.370. The van der Waals surface area contributed by atoms with Gasteiger partial charge < -0.3 is 15.6 Å². The van der Waals surface area contributed by atoms with Crippen LogP contribution in [0.15, 0.2) is 24.3 Å². The molecule has 1 aromatic carbocycles. The van der Waals surface area contributed by atoms with E-state index in [0.29, 0.717) is 18.5 Å². The Bertz CT molecular complexity index is 606. The highest BCUT2D eigenvalue weighted by Crippen LogP contribution is 2.32. The van der Waals surface area contributed by atoms with Gasteiger partial charge in [-0.1, -0.05) is 29.8 Å². The molecule has 1 aliphatic rings. The molecule has 0 unspecified atom stereocenters. The number of esters is 1. The Hall–Kier alpha value is -1.92. The first-order valence-electron chi connectivity index (χ1n) is 8.14. The molecule has 1 fully saturated rings. The summed E-state index contributed by atoms with van der Waals surface area (Å²) in [7, 11) is 0. The molecule has 1 heterocycles. The number of hydrogen-bond donors (Lipinski definition) is 2. The molecule has 0 bridgehead atoms. The minimum Gasteiger partial charge on any atom is -0.480 e. The Morgan fingerprint density at radius 3 is 2.38 bits per heavy atom. The van der Waals surface area contributed by atoms with Gasteiger partial charge in [0.15, 0.2) is 0 Å². The number of nitrogens with zero attached hydrogens (tertiary/aromatic N) is 1. The second-order valence-electron chi connectivity index (χ2n) is 7.31. The molecule has 0 aliphatic carbocycles. The van der Waals surface area contributed by atoms with Crippen molar-refractivity contribution < 1.29 is 19.4 Å². The van der Waals surface area contributed by atoms with Gasteiger partial charge in [0.05, 0.1) is 12.1 Å². The van der Waals surface area contributed by atoms with Crippen molar-refractivity contribution in [2.45, 2.75) is 51.9 Å². The van der Waals surface area contributed by atoms with Crippen LogP contribution < -0.4 is 5.73 Å². The highest BCUT2D eigenvalue weighted by atomic mass is 16.6. The number of aliphatic carboxylic acids is 1. The van der Waals surface area contributed by atoms with Crippen molar-refractivity contribution in [2.24, 2.45) is 11.7 Å². The summed E-state index contributed by atoms with van der Waals surface area (Å²) in [5.74, 6) is -1.86. The molecule has 0 aromatic heterocycles. The molecule has 0 amide bonds. The fourth-order valence-electron chi connectivity index (χ4n) is 3.00. The summed E-state index contributed by atoms with van der Waals surface area (Å²) in [6, 6.07) is 6.47. The van der Waals surface area contributed by atoms with Crippen LogP contribution in [0.3, 0.4) is 0 Å². The number of aryl methyl sites for hydroxylation is 1. The van der Waals surface area contributed by atoms with Gasteiger partial charge in [-0.05, 0) is 39.7 Å². The molecule has 24 heavy (non-hydrogen) atoms. The van der Waals surface area contributed by atoms with Crippen LogP contribution in [0.1, 0.15) is 44.4 Å². The first-order chi connectivity index (χ1) is 11.1. The first kappa shape index (κ1) is 18.4. The van der Waals surface area contributed by atoms with E-state index in [9.17, 15) is 14.7 Å². The molecule has 0 spiro atoms. The van der Waals surface area contributed by atoms with E-state index < -0.39 is 29.7 Å². The van der Waals surface area contributed by atoms with E-state index in [0.717, 1.165) is 5.56 Å². The summed E-state index contributed by atoms with van der Waals surface area (Å²) >= 11 is 0. The molecule has 3 atom stereocenters. The topological polar surface area (TPSA) is 92.9 Å². The number of benzene rings is 1. The van der Waals surface area contributed by atoms with E-state index in [1.807, 2.05) is 19.1 Å². The van der Waals surface area contributed by atoms with E-state index in [1.165, 1.54) is 0 Å². The summed E-state index contributed by atoms with van der Waals surface area (Å²) in [6.07, 6.45) is -0.187. The maximum atomic E-state index is 12.3. The van der Waals surface area contributed by atoms with Gasteiger partial charge in [0.1, 0.15) is 11.6 Å². The molecule has 0 radical (unpaired) electrons. The molecule has 0 saturated carbocycles. The van der Waals surface area contributed by atoms with Crippen LogP contribution in [0.5, 0.6) is 0 Å². The number of hydrogen-bond acceptors (Lipinski definition) is 5. The lowest BCUT2D eigenvalue weighted by molar-refractivity contribution is -0.161. The third-order valence-electron chi connectivity index (χ3n) is 4.16.